The van der Waals surface area contributed by atoms with Gasteiger partial charge in [0, 0.05) is 24.8 Å². The van der Waals surface area contributed by atoms with E-state index in [9.17, 15) is 0 Å². The van der Waals surface area contributed by atoms with Crippen molar-refractivity contribution in [2.75, 3.05) is 24.5 Å². The number of fused-ring (bicyclic) bond motifs is 1. The summed E-state index contributed by atoms with van der Waals surface area (Å²) in [5.41, 5.74) is 2.06. The second-order valence-electron chi connectivity index (χ2n) is 5.94. The Hall–Kier alpha value is -1.62. The van der Waals surface area contributed by atoms with Crippen LogP contribution in [0.4, 0.5) is 5.95 Å². The summed E-state index contributed by atoms with van der Waals surface area (Å²) < 4.78 is 1.94. The molecule has 0 spiro atoms. The van der Waals surface area contributed by atoms with Gasteiger partial charge in [-0.1, -0.05) is 19.4 Å². The van der Waals surface area contributed by atoms with E-state index in [1.807, 2.05) is 16.6 Å². The summed E-state index contributed by atoms with van der Waals surface area (Å²) in [6.45, 7) is 7.43. The van der Waals surface area contributed by atoms with Crippen LogP contribution in [-0.4, -0.2) is 40.3 Å². The van der Waals surface area contributed by atoms with Crippen molar-refractivity contribution < 1.29 is 0 Å². The molecule has 1 N–H and O–H groups in total. The van der Waals surface area contributed by atoms with Crippen LogP contribution in [0.5, 0.6) is 0 Å². The molecule has 1 aliphatic rings. The first-order valence-electron chi connectivity index (χ1n) is 8.08. The monoisotopic (exact) mass is 287 g/mol. The molecule has 1 fully saturated rings. The lowest BCUT2D eigenvalue weighted by Crippen LogP contribution is -2.44. The molecule has 1 atom stereocenters. The third-order valence-electron chi connectivity index (χ3n) is 4.17. The smallest absolute Gasteiger partial charge is 0.245 e. The summed E-state index contributed by atoms with van der Waals surface area (Å²) in [7, 11) is 0. The fourth-order valence-corrected chi connectivity index (χ4v) is 3.05. The van der Waals surface area contributed by atoms with Gasteiger partial charge < -0.3 is 10.2 Å². The molecule has 2 aromatic rings. The number of nitrogens with zero attached hydrogens (tertiary/aromatic N) is 4. The van der Waals surface area contributed by atoms with E-state index in [0.29, 0.717) is 6.04 Å². The third-order valence-corrected chi connectivity index (χ3v) is 4.17. The SMILES string of the molecule is CCCN(CC1CCCCN1)c1nc2cccc(C)n2n1. The summed E-state index contributed by atoms with van der Waals surface area (Å²) >= 11 is 0. The lowest BCUT2D eigenvalue weighted by Gasteiger charge is -2.29. The average molecular weight is 287 g/mol. The Morgan fingerprint density at radius 1 is 1.38 bits per heavy atom. The molecule has 2 aromatic heterocycles. The molecule has 3 heterocycles. The highest BCUT2D eigenvalue weighted by atomic mass is 15.4. The number of hydrogen-bond donors (Lipinski definition) is 1. The molecule has 114 valence electrons. The zero-order valence-corrected chi connectivity index (χ0v) is 13.0. The fraction of sp³-hybridized carbons (Fsp3) is 0.625. The quantitative estimate of drug-likeness (QED) is 0.917. The van der Waals surface area contributed by atoms with E-state index in [2.05, 4.69) is 30.1 Å². The molecule has 3 rings (SSSR count). The number of anilines is 1. The van der Waals surface area contributed by atoms with Crippen molar-refractivity contribution in [2.45, 2.75) is 45.6 Å². The normalized spacial score (nSPS) is 19.0. The van der Waals surface area contributed by atoms with Gasteiger partial charge in [0.15, 0.2) is 5.65 Å². The molecule has 0 aliphatic carbocycles. The van der Waals surface area contributed by atoms with Gasteiger partial charge in [0.05, 0.1) is 0 Å². The Morgan fingerprint density at radius 3 is 3.00 bits per heavy atom. The zero-order valence-electron chi connectivity index (χ0n) is 13.0. The maximum Gasteiger partial charge on any atom is 0.245 e. The van der Waals surface area contributed by atoms with Gasteiger partial charge in [-0.25, -0.2) is 4.52 Å². The standard InChI is InChI=1S/C16H25N5/c1-3-11-20(12-14-8-4-5-10-17-14)16-18-15-9-6-7-13(2)21(15)19-16/h6-7,9,14,17H,3-5,8,10-12H2,1-2H3. The molecule has 0 saturated carbocycles. The lowest BCUT2D eigenvalue weighted by molar-refractivity contribution is 0.397. The van der Waals surface area contributed by atoms with Gasteiger partial charge in [-0.2, -0.15) is 4.98 Å². The highest BCUT2D eigenvalue weighted by Gasteiger charge is 2.19. The summed E-state index contributed by atoms with van der Waals surface area (Å²) in [5, 5.41) is 8.32. The number of aryl methyl sites for hydroxylation is 1. The summed E-state index contributed by atoms with van der Waals surface area (Å²) in [6, 6.07) is 6.69. The van der Waals surface area contributed by atoms with Crippen LogP contribution in [0.2, 0.25) is 0 Å². The molecule has 1 saturated heterocycles. The molecule has 1 aliphatic heterocycles. The number of aromatic nitrogens is 3. The highest BCUT2D eigenvalue weighted by Crippen LogP contribution is 2.16. The molecule has 5 nitrogen and oxygen atoms in total. The number of nitrogens with one attached hydrogen (secondary N) is 1. The van der Waals surface area contributed by atoms with Crippen LogP contribution < -0.4 is 10.2 Å². The Morgan fingerprint density at radius 2 is 2.29 bits per heavy atom. The van der Waals surface area contributed by atoms with Gasteiger partial charge in [0.1, 0.15) is 0 Å². The lowest BCUT2D eigenvalue weighted by atomic mass is 10.0. The van der Waals surface area contributed by atoms with Gasteiger partial charge in [-0.15, -0.1) is 5.10 Å². The topological polar surface area (TPSA) is 45.5 Å². The molecule has 5 heteroatoms. The number of hydrogen-bond acceptors (Lipinski definition) is 4. The Kier molecular flexibility index (Phi) is 4.39. The fourth-order valence-electron chi connectivity index (χ4n) is 3.05. The van der Waals surface area contributed by atoms with E-state index >= 15 is 0 Å². The minimum Gasteiger partial charge on any atom is -0.338 e. The van der Waals surface area contributed by atoms with E-state index in [1.54, 1.807) is 0 Å². The molecule has 0 radical (unpaired) electrons. The minimum atomic E-state index is 0.568. The zero-order chi connectivity index (χ0) is 14.7. The molecule has 21 heavy (non-hydrogen) atoms. The van der Waals surface area contributed by atoms with Crippen LogP contribution in [0.1, 0.15) is 38.3 Å². The predicted octanol–water partition coefficient (Wildman–Crippen LogP) is 2.40. The largest absolute Gasteiger partial charge is 0.338 e. The van der Waals surface area contributed by atoms with Gasteiger partial charge in [0.2, 0.25) is 5.95 Å². The maximum absolute atomic E-state index is 4.71. The molecule has 0 amide bonds. The molecule has 1 unspecified atom stereocenters. The molecular formula is C16H25N5. The van der Waals surface area contributed by atoms with Crippen molar-refractivity contribution in [1.29, 1.82) is 0 Å². The highest BCUT2D eigenvalue weighted by molar-refractivity contribution is 5.45. The van der Waals surface area contributed by atoms with Crippen molar-refractivity contribution in [3.63, 3.8) is 0 Å². The minimum absolute atomic E-state index is 0.568. The van der Waals surface area contributed by atoms with Crippen LogP contribution in [0.25, 0.3) is 5.65 Å². The van der Waals surface area contributed by atoms with E-state index in [-0.39, 0.29) is 0 Å². The van der Waals surface area contributed by atoms with Crippen LogP contribution in [0.3, 0.4) is 0 Å². The third kappa shape index (κ3) is 3.18. The van der Waals surface area contributed by atoms with Crippen LogP contribution in [0.15, 0.2) is 18.2 Å². The number of rotatable bonds is 5. The van der Waals surface area contributed by atoms with Gasteiger partial charge in [-0.3, -0.25) is 0 Å². The van der Waals surface area contributed by atoms with Crippen LogP contribution in [0, 0.1) is 6.92 Å². The Balaban J connectivity index is 1.82. The average Bonchev–Trinajstić information content (AvgIpc) is 2.93. The molecular weight excluding hydrogens is 262 g/mol. The first-order chi connectivity index (χ1) is 10.3. The summed E-state index contributed by atoms with van der Waals surface area (Å²) in [6.07, 6.45) is 5.00. The Bertz CT molecular complexity index is 585. The molecule has 0 bridgehead atoms. The van der Waals surface area contributed by atoms with Gasteiger partial charge >= 0.3 is 0 Å². The first kappa shape index (κ1) is 14.3. The van der Waals surface area contributed by atoms with Crippen molar-refractivity contribution >= 4 is 11.6 Å². The van der Waals surface area contributed by atoms with E-state index < -0.39 is 0 Å². The van der Waals surface area contributed by atoms with E-state index in [1.165, 1.54) is 19.3 Å². The maximum atomic E-state index is 4.71. The second kappa shape index (κ2) is 6.43. The Labute approximate surface area is 126 Å². The van der Waals surface area contributed by atoms with E-state index in [0.717, 1.165) is 43.3 Å². The number of pyridine rings is 1. The van der Waals surface area contributed by atoms with Crippen molar-refractivity contribution in [1.82, 2.24) is 19.9 Å². The van der Waals surface area contributed by atoms with Gasteiger partial charge in [0.25, 0.3) is 0 Å². The molecule has 0 aromatic carbocycles. The van der Waals surface area contributed by atoms with Crippen molar-refractivity contribution in [3.05, 3.63) is 23.9 Å². The number of piperidine rings is 1. The van der Waals surface area contributed by atoms with Crippen LogP contribution >= 0.6 is 0 Å². The predicted molar refractivity (Wildman–Crippen MR) is 85.9 cm³/mol. The van der Waals surface area contributed by atoms with Crippen LogP contribution in [-0.2, 0) is 0 Å². The summed E-state index contributed by atoms with van der Waals surface area (Å²) in [5.74, 6) is 0.860. The van der Waals surface area contributed by atoms with Gasteiger partial charge in [-0.05, 0) is 44.9 Å². The summed E-state index contributed by atoms with van der Waals surface area (Å²) in [4.78, 5) is 7.04. The second-order valence-corrected chi connectivity index (χ2v) is 5.94. The van der Waals surface area contributed by atoms with Crippen molar-refractivity contribution in [2.24, 2.45) is 0 Å². The van der Waals surface area contributed by atoms with Crippen molar-refractivity contribution in [3.8, 4) is 0 Å². The first-order valence-corrected chi connectivity index (χ1v) is 8.08. The van der Waals surface area contributed by atoms with E-state index in [4.69, 9.17) is 10.1 Å².